The molecule has 2 heterocycles. The van der Waals surface area contributed by atoms with Gasteiger partial charge in [-0.2, -0.15) is 0 Å². The molecular formula is C14H15BrFN3O2S. The van der Waals surface area contributed by atoms with E-state index in [1.54, 1.807) is 6.20 Å². The maximum Gasteiger partial charge on any atom is 0.241 e. The number of aromatic nitrogens is 2. The second-order valence-corrected chi connectivity index (χ2v) is 7.91. The predicted molar refractivity (Wildman–Crippen MR) is 83.3 cm³/mol. The lowest BCUT2D eigenvalue weighted by molar-refractivity contribution is 0.379. The molecule has 1 N–H and O–H groups in total. The van der Waals surface area contributed by atoms with Gasteiger partial charge in [0.2, 0.25) is 10.0 Å². The Morgan fingerprint density at radius 1 is 1.45 bits per heavy atom. The first-order valence-electron chi connectivity index (χ1n) is 6.90. The zero-order chi connectivity index (χ0) is 15.7. The van der Waals surface area contributed by atoms with Crippen LogP contribution in [0.4, 0.5) is 4.39 Å². The Balaban J connectivity index is 1.69. The van der Waals surface area contributed by atoms with Crippen LogP contribution in [-0.2, 0) is 23.0 Å². The maximum atomic E-state index is 13.3. The van der Waals surface area contributed by atoms with Crippen LogP contribution in [0.25, 0.3) is 0 Å². The first-order chi connectivity index (χ1) is 10.5. The summed E-state index contributed by atoms with van der Waals surface area (Å²) >= 11 is 3.15. The number of rotatable bonds is 4. The second-order valence-electron chi connectivity index (χ2n) is 5.32. The van der Waals surface area contributed by atoms with Crippen LogP contribution in [0.5, 0.6) is 0 Å². The molecule has 22 heavy (non-hydrogen) atoms. The Bertz CT molecular complexity index is 791. The van der Waals surface area contributed by atoms with Crippen molar-refractivity contribution in [3.63, 3.8) is 0 Å². The molecule has 0 spiro atoms. The fourth-order valence-electron chi connectivity index (χ4n) is 2.58. The molecule has 8 heteroatoms. The largest absolute Gasteiger partial charge is 0.335 e. The first kappa shape index (κ1) is 15.6. The Hall–Kier alpha value is -1.25. The summed E-state index contributed by atoms with van der Waals surface area (Å²) in [5.41, 5.74) is 0. The van der Waals surface area contributed by atoms with Gasteiger partial charge < -0.3 is 4.57 Å². The number of halogens is 2. The molecule has 1 aromatic heterocycles. The van der Waals surface area contributed by atoms with E-state index < -0.39 is 15.8 Å². The SMILES string of the molecule is O=S(=O)(NC[C@H]1CCn2ccnc2C1)c1cc(F)ccc1Br. The number of sulfonamides is 1. The minimum atomic E-state index is -3.74. The summed E-state index contributed by atoms with van der Waals surface area (Å²) in [5, 5.41) is 0. The quantitative estimate of drug-likeness (QED) is 0.875. The summed E-state index contributed by atoms with van der Waals surface area (Å²) in [5.74, 6) is 0.586. The van der Waals surface area contributed by atoms with Crippen LogP contribution in [0.15, 0.2) is 40.0 Å². The minimum absolute atomic E-state index is 0.0789. The van der Waals surface area contributed by atoms with Crippen molar-refractivity contribution in [3.8, 4) is 0 Å². The average molecular weight is 388 g/mol. The Labute approximate surface area is 136 Å². The Morgan fingerprint density at radius 3 is 3.09 bits per heavy atom. The molecular weight excluding hydrogens is 373 g/mol. The molecule has 0 amide bonds. The molecule has 0 unspecified atom stereocenters. The Kier molecular flexibility index (Phi) is 4.33. The number of imidazole rings is 1. The molecule has 0 aliphatic carbocycles. The summed E-state index contributed by atoms with van der Waals surface area (Å²) in [6, 6.07) is 3.62. The molecule has 1 atom stereocenters. The van der Waals surface area contributed by atoms with Crippen LogP contribution >= 0.6 is 15.9 Å². The number of nitrogens with one attached hydrogen (secondary N) is 1. The van der Waals surface area contributed by atoms with Gasteiger partial charge in [0.05, 0.1) is 4.90 Å². The maximum absolute atomic E-state index is 13.3. The number of hydrogen-bond acceptors (Lipinski definition) is 3. The van der Waals surface area contributed by atoms with Crippen LogP contribution in [0, 0.1) is 11.7 Å². The van der Waals surface area contributed by atoms with Crippen LogP contribution < -0.4 is 4.72 Å². The highest BCUT2D eigenvalue weighted by molar-refractivity contribution is 9.10. The zero-order valence-corrected chi connectivity index (χ0v) is 14.1. The highest BCUT2D eigenvalue weighted by Crippen LogP contribution is 2.24. The number of fused-ring (bicyclic) bond motifs is 1. The molecule has 2 aromatic rings. The molecule has 0 fully saturated rings. The van der Waals surface area contributed by atoms with Gasteiger partial charge in [0, 0.05) is 36.4 Å². The van der Waals surface area contributed by atoms with Gasteiger partial charge in [-0.25, -0.2) is 22.5 Å². The minimum Gasteiger partial charge on any atom is -0.335 e. The predicted octanol–water partition coefficient (Wildman–Crippen LogP) is 2.33. The smallest absolute Gasteiger partial charge is 0.241 e. The van der Waals surface area contributed by atoms with Gasteiger partial charge in [-0.3, -0.25) is 0 Å². The van der Waals surface area contributed by atoms with Crippen molar-refractivity contribution in [2.24, 2.45) is 5.92 Å². The van der Waals surface area contributed by atoms with Crippen molar-refractivity contribution in [2.75, 3.05) is 6.54 Å². The van der Waals surface area contributed by atoms with Crippen molar-refractivity contribution >= 4 is 26.0 Å². The Morgan fingerprint density at radius 2 is 2.27 bits per heavy atom. The van der Waals surface area contributed by atoms with E-state index >= 15 is 0 Å². The van der Waals surface area contributed by atoms with E-state index in [1.807, 2.05) is 6.20 Å². The highest BCUT2D eigenvalue weighted by Gasteiger charge is 2.23. The van der Waals surface area contributed by atoms with Gasteiger partial charge in [0.1, 0.15) is 11.6 Å². The standard InChI is InChI=1S/C14H15BrFN3O2S/c15-12-2-1-11(16)8-13(12)22(20,21)18-9-10-3-5-19-6-4-17-14(19)7-10/h1-2,4,6,8,10,18H,3,5,7,9H2/t10-/m0/s1. The van der Waals surface area contributed by atoms with E-state index in [4.69, 9.17) is 0 Å². The van der Waals surface area contributed by atoms with Crippen molar-refractivity contribution in [3.05, 3.63) is 46.7 Å². The topological polar surface area (TPSA) is 64.0 Å². The normalized spacial score (nSPS) is 18.2. The molecule has 1 aliphatic heterocycles. The number of nitrogens with zero attached hydrogens (tertiary/aromatic N) is 2. The molecule has 1 aromatic carbocycles. The van der Waals surface area contributed by atoms with E-state index in [1.165, 1.54) is 12.1 Å². The van der Waals surface area contributed by atoms with Crippen LogP contribution in [0.3, 0.4) is 0 Å². The third-order valence-corrected chi connectivity index (χ3v) is 6.21. The van der Waals surface area contributed by atoms with E-state index in [9.17, 15) is 12.8 Å². The van der Waals surface area contributed by atoms with Crippen molar-refractivity contribution in [1.82, 2.24) is 14.3 Å². The van der Waals surface area contributed by atoms with E-state index in [2.05, 4.69) is 30.2 Å². The first-order valence-corrected chi connectivity index (χ1v) is 9.18. The van der Waals surface area contributed by atoms with Gasteiger partial charge in [0.15, 0.2) is 0 Å². The van der Waals surface area contributed by atoms with Crippen molar-refractivity contribution in [2.45, 2.75) is 24.3 Å². The van der Waals surface area contributed by atoms with E-state index in [-0.39, 0.29) is 10.8 Å². The molecule has 0 saturated heterocycles. The molecule has 118 valence electrons. The summed E-state index contributed by atoms with van der Waals surface area (Å²) in [7, 11) is -3.74. The average Bonchev–Trinajstić information content (AvgIpc) is 2.95. The second kappa shape index (κ2) is 6.10. The van der Waals surface area contributed by atoms with Crippen LogP contribution in [-0.4, -0.2) is 24.5 Å². The number of aryl methyl sites for hydroxylation is 1. The van der Waals surface area contributed by atoms with Gasteiger partial charge >= 0.3 is 0 Å². The summed E-state index contributed by atoms with van der Waals surface area (Å²) < 4.78 is 42.9. The van der Waals surface area contributed by atoms with Gasteiger partial charge in [0.25, 0.3) is 0 Å². The molecule has 0 radical (unpaired) electrons. The lowest BCUT2D eigenvalue weighted by atomic mass is 9.98. The third kappa shape index (κ3) is 3.23. The fourth-order valence-corrected chi connectivity index (χ4v) is 4.67. The van der Waals surface area contributed by atoms with Gasteiger partial charge in [-0.05, 0) is 46.5 Å². The number of hydrogen-bond donors (Lipinski definition) is 1. The summed E-state index contributed by atoms with van der Waals surface area (Å²) in [6.45, 7) is 1.16. The molecule has 3 rings (SSSR count). The zero-order valence-electron chi connectivity index (χ0n) is 11.7. The monoisotopic (exact) mass is 387 g/mol. The molecule has 0 bridgehead atoms. The van der Waals surface area contributed by atoms with E-state index in [0.29, 0.717) is 11.0 Å². The lowest BCUT2D eigenvalue weighted by Gasteiger charge is -2.23. The lowest BCUT2D eigenvalue weighted by Crippen LogP contribution is -2.33. The highest BCUT2D eigenvalue weighted by atomic mass is 79.9. The van der Waals surface area contributed by atoms with Gasteiger partial charge in [-0.15, -0.1) is 0 Å². The fraction of sp³-hybridized carbons (Fsp3) is 0.357. The summed E-state index contributed by atoms with van der Waals surface area (Å²) in [4.78, 5) is 4.19. The molecule has 5 nitrogen and oxygen atoms in total. The van der Waals surface area contributed by atoms with Crippen molar-refractivity contribution in [1.29, 1.82) is 0 Å². The van der Waals surface area contributed by atoms with Crippen LogP contribution in [0.2, 0.25) is 0 Å². The third-order valence-electron chi connectivity index (χ3n) is 3.80. The van der Waals surface area contributed by atoms with Crippen molar-refractivity contribution < 1.29 is 12.8 Å². The number of benzene rings is 1. The summed E-state index contributed by atoms with van der Waals surface area (Å²) in [6.07, 6.45) is 5.31. The molecule has 0 saturated carbocycles. The van der Waals surface area contributed by atoms with E-state index in [0.717, 1.165) is 31.3 Å². The molecule has 1 aliphatic rings. The van der Waals surface area contributed by atoms with Crippen LogP contribution in [0.1, 0.15) is 12.2 Å². The van der Waals surface area contributed by atoms with Gasteiger partial charge in [-0.1, -0.05) is 0 Å².